The Kier molecular flexibility index (Phi) is 38.5. The van der Waals surface area contributed by atoms with Gasteiger partial charge in [0.25, 0.3) is 0 Å². The lowest BCUT2D eigenvalue weighted by Crippen LogP contribution is -2.29. The van der Waals surface area contributed by atoms with Gasteiger partial charge in [0.05, 0.1) is 13.2 Å². The van der Waals surface area contributed by atoms with E-state index in [0.29, 0.717) is 6.42 Å². The Morgan fingerprint density at radius 3 is 1.37 bits per heavy atom. The van der Waals surface area contributed by atoms with E-state index in [0.717, 1.165) is 38.5 Å². The van der Waals surface area contributed by atoms with Gasteiger partial charge in [-0.2, -0.15) is 0 Å². The van der Waals surface area contributed by atoms with Crippen LogP contribution >= 0.6 is 7.82 Å². The quantitative estimate of drug-likeness (QED) is 0.0270. The highest BCUT2D eigenvalue weighted by Crippen LogP contribution is 2.43. The van der Waals surface area contributed by atoms with Crippen molar-refractivity contribution in [3.63, 3.8) is 0 Å². The van der Waals surface area contributed by atoms with Crippen molar-refractivity contribution in [2.45, 2.75) is 219 Å². The van der Waals surface area contributed by atoms with Crippen LogP contribution in [0, 0.1) is 0 Å². The van der Waals surface area contributed by atoms with E-state index in [9.17, 15) is 19.0 Å². The van der Waals surface area contributed by atoms with Gasteiger partial charge in [-0.05, 0) is 38.5 Å². The maximum atomic E-state index is 12.5. The molecule has 2 atom stereocenters. The Hall–Kier alpha value is -1.25. The summed E-state index contributed by atoms with van der Waals surface area (Å²) in [5, 5.41) is 0. The zero-order valence-electron chi connectivity index (χ0n) is 33.8. The lowest BCUT2D eigenvalue weighted by molar-refractivity contribution is -0.161. The van der Waals surface area contributed by atoms with Gasteiger partial charge in [-0.3, -0.25) is 18.6 Å². The van der Waals surface area contributed by atoms with Crippen LogP contribution in [-0.4, -0.2) is 49.3 Å². The third-order valence-corrected chi connectivity index (χ3v) is 10.4. The van der Waals surface area contributed by atoms with Crippen LogP contribution in [0.1, 0.15) is 213 Å². The summed E-state index contributed by atoms with van der Waals surface area (Å²) in [6.07, 6.45) is 40.0. The van der Waals surface area contributed by atoms with Crippen LogP contribution in [0.25, 0.3) is 0 Å². The summed E-state index contributed by atoms with van der Waals surface area (Å²) >= 11 is 0. The monoisotopic (exact) mass is 760 g/mol. The van der Waals surface area contributed by atoms with E-state index in [1.165, 1.54) is 141 Å². The number of hydrogen-bond donors (Lipinski definition) is 2. The van der Waals surface area contributed by atoms with Crippen molar-refractivity contribution in [2.24, 2.45) is 5.73 Å². The fourth-order valence-electron chi connectivity index (χ4n) is 6.16. The highest BCUT2D eigenvalue weighted by Gasteiger charge is 2.26. The first kappa shape index (κ1) is 50.8. The molecule has 2 unspecified atom stereocenters. The molecule has 0 saturated heterocycles. The highest BCUT2D eigenvalue weighted by atomic mass is 31.2. The Labute approximate surface area is 319 Å². The molecular weight excluding hydrogens is 677 g/mol. The van der Waals surface area contributed by atoms with Gasteiger partial charge in [0.15, 0.2) is 6.10 Å². The molecule has 308 valence electrons. The van der Waals surface area contributed by atoms with Crippen molar-refractivity contribution in [3.05, 3.63) is 12.2 Å². The number of unbranched alkanes of at least 4 members (excludes halogenated alkanes) is 26. The van der Waals surface area contributed by atoms with Crippen LogP contribution in [-0.2, 0) is 32.7 Å². The maximum absolute atomic E-state index is 12.5. The molecule has 0 aliphatic heterocycles. The van der Waals surface area contributed by atoms with Crippen molar-refractivity contribution in [2.75, 3.05) is 26.4 Å². The fraction of sp³-hybridized carbons (Fsp3) is 0.905. The molecule has 0 aliphatic rings. The molecule has 0 spiro atoms. The van der Waals surface area contributed by atoms with Crippen LogP contribution in [0.5, 0.6) is 0 Å². The molecule has 0 aromatic rings. The van der Waals surface area contributed by atoms with Crippen molar-refractivity contribution >= 4 is 19.8 Å². The van der Waals surface area contributed by atoms with E-state index in [4.69, 9.17) is 24.3 Å². The van der Waals surface area contributed by atoms with Crippen LogP contribution in [0.2, 0.25) is 0 Å². The molecule has 0 amide bonds. The van der Waals surface area contributed by atoms with E-state index in [2.05, 4.69) is 26.0 Å². The van der Waals surface area contributed by atoms with Gasteiger partial charge in [-0.25, -0.2) is 4.57 Å². The molecule has 0 aliphatic carbocycles. The predicted octanol–water partition coefficient (Wildman–Crippen LogP) is 12.2. The minimum atomic E-state index is -4.36. The van der Waals surface area contributed by atoms with Gasteiger partial charge in [0.1, 0.15) is 6.61 Å². The minimum absolute atomic E-state index is 0.0560. The molecule has 0 bridgehead atoms. The summed E-state index contributed by atoms with van der Waals surface area (Å²) in [5.74, 6) is -0.831. The average molecular weight is 760 g/mol. The van der Waals surface area contributed by atoms with Gasteiger partial charge in [-0.1, -0.05) is 174 Å². The molecule has 10 heteroatoms. The van der Waals surface area contributed by atoms with Crippen LogP contribution in [0.15, 0.2) is 12.2 Å². The fourth-order valence-corrected chi connectivity index (χ4v) is 6.92. The summed E-state index contributed by atoms with van der Waals surface area (Å²) in [7, 11) is -4.36. The third-order valence-electron chi connectivity index (χ3n) is 9.40. The Morgan fingerprint density at radius 2 is 0.942 bits per heavy atom. The average Bonchev–Trinajstić information content (AvgIpc) is 3.13. The molecule has 52 heavy (non-hydrogen) atoms. The number of esters is 2. The van der Waals surface area contributed by atoms with Crippen molar-refractivity contribution in [1.29, 1.82) is 0 Å². The Balaban J connectivity index is 3.89. The molecule has 0 heterocycles. The highest BCUT2D eigenvalue weighted by molar-refractivity contribution is 7.47. The number of carbonyl (C=O) groups excluding carboxylic acids is 2. The van der Waals surface area contributed by atoms with Gasteiger partial charge in [0.2, 0.25) is 0 Å². The summed E-state index contributed by atoms with van der Waals surface area (Å²) < 4.78 is 32.6. The molecule has 0 rings (SSSR count). The van der Waals surface area contributed by atoms with E-state index in [-0.39, 0.29) is 38.6 Å². The van der Waals surface area contributed by atoms with E-state index >= 15 is 0 Å². The van der Waals surface area contributed by atoms with Crippen molar-refractivity contribution in [1.82, 2.24) is 0 Å². The standard InChI is InChI=1S/C42H82NO8P/c1-3-5-7-9-11-12-13-14-15-16-17-18-19-20-21-22-23-24-25-26-27-28-29-31-33-35-42(45)51-40(39-50-52(46,47)49-37-36-43)38-48-41(44)34-32-30-10-8-6-4-2/h16-17,40H,3-15,18-39,43H2,1-2H3,(H,46,47)/b17-16-. The number of rotatable bonds is 41. The van der Waals surface area contributed by atoms with Gasteiger partial charge < -0.3 is 20.1 Å². The molecule has 0 saturated carbocycles. The number of phosphoric acid groups is 1. The first-order valence-electron chi connectivity index (χ1n) is 21.7. The smallest absolute Gasteiger partial charge is 0.462 e. The molecule has 0 aromatic carbocycles. The van der Waals surface area contributed by atoms with E-state index in [1.807, 2.05) is 0 Å². The molecule has 0 radical (unpaired) electrons. The molecule has 9 nitrogen and oxygen atoms in total. The number of allylic oxidation sites excluding steroid dienone is 2. The lowest BCUT2D eigenvalue weighted by atomic mass is 10.0. The van der Waals surface area contributed by atoms with Gasteiger partial charge in [0, 0.05) is 19.4 Å². The zero-order chi connectivity index (χ0) is 38.2. The van der Waals surface area contributed by atoms with Crippen molar-refractivity contribution in [3.8, 4) is 0 Å². The van der Waals surface area contributed by atoms with E-state index < -0.39 is 26.5 Å². The maximum Gasteiger partial charge on any atom is 0.472 e. The van der Waals surface area contributed by atoms with Crippen LogP contribution in [0.4, 0.5) is 0 Å². The van der Waals surface area contributed by atoms with Crippen molar-refractivity contribution < 1.29 is 37.6 Å². The number of ether oxygens (including phenoxy) is 2. The first-order chi connectivity index (χ1) is 25.3. The molecular formula is C42H82NO8P. The summed E-state index contributed by atoms with van der Waals surface area (Å²) in [6, 6.07) is 0. The molecule has 0 aromatic heterocycles. The summed E-state index contributed by atoms with van der Waals surface area (Å²) in [4.78, 5) is 34.6. The third kappa shape index (κ3) is 38.5. The lowest BCUT2D eigenvalue weighted by Gasteiger charge is -2.19. The SMILES string of the molecule is CCCCCCCCCC/C=C\CCCCCCCCCCCCCCCC(=O)OC(COC(=O)CCCCCCCC)COP(=O)(O)OCCN. The Bertz CT molecular complexity index is 871. The number of carbonyl (C=O) groups is 2. The van der Waals surface area contributed by atoms with Crippen LogP contribution < -0.4 is 5.73 Å². The number of hydrogen-bond acceptors (Lipinski definition) is 8. The zero-order valence-corrected chi connectivity index (χ0v) is 34.7. The normalized spacial score (nSPS) is 13.4. The largest absolute Gasteiger partial charge is 0.472 e. The van der Waals surface area contributed by atoms with Gasteiger partial charge >= 0.3 is 19.8 Å². The molecule has 3 N–H and O–H groups in total. The first-order valence-corrected chi connectivity index (χ1v) is 23.2. The van der Waals surface area contributed by atoms with Gasteiger partial charge in [-0.15, -0.1) is 0 Å². The summed E-state index contributed by atoms with van der Waals surface area (Å²) in [6.45, 7) is 3.68. The second-order valence-corrected chi connectivity index (χ2v) is 16.0. The van der Waals surface area contributed by atoms with E-state index in [1.54, 1.807) is 0 Å². The second kappa shape index (κ2) is 39.4. The second-order valence-electron chi connectivity index (χ2n) is 14.6. The number of nitrogens with two attached hydrogens (primary N) is 1. The van der Waals surface area contributed by atoms with Crippen LogP contribution in [0.3, 0.4) is 0 Å². The Morgan fingerprint density at radius 1 is 0.558 bits per heavy atom. The topological polar surface area (TPSA) is 134 Å². The molecule has 0 fully saturated rings. The summed E-state index contributed by atoms with van der Waals surface area (Å²) in [5.41, 5.74) is 5.33. The number of phosphoric ester groups is 1. The predicted molar refractivity (Wildman–Crippen MR) is 215 cm³/mol. The minimum Gasteiger partial charge on any atom is -0.462 e.